The summed E-state index contributed by atoms with van der Waals surface area (Å²) in [4.78, 5) is 11.4. The first-order valence-electron chi connectivity index (χ1n) is 5.52. The molecule has 0 saturated heterocycles. The first kappa shape index (κ1) is 15.3. The summed E-state index contributed by atoms with van der Waals surface area (Å²) in [6.07, 6.45) is -0.710. The highest BCUT2D eigenvalue weighted by atomic mass is 79.9. The number of rotatable bonds is 3. The van der Waals surface area contributed by atoms with Crippen molar-refractivity contribution in [3.05, 3.63) is 29.8 Å². The van der Waals surface area contributed by atoms with Gasteiger partial charge in [-0.15, -0.1) is 11.6 Å². The molecule has 0 radical (unpaired) electrons. The molecule has 0 aliphatic heterocycles. The summed E-state index contributed by atoms with van der Waals surface area (Å²) in [5.74, 6) is 0.437. The van der Waals surface area contributed by atoms with E-state index in [0.717, 1.165) is 5.56 Å². The van der Waals surface area contributed by atoms with Crippen LogP contribution in [0.4, 0.5) is 4.79 Å². The Morgan fingerprint density at radius 3 is 2.33 bits per heavy atom. The second kappa shape index (κ2) is 6.43. The molecule has 0 fully saturated rings. The molecule has 1 atom stereocenters. The summed E-state index contributed by atoms with van der Waals surface area (Å²) in [7, 11) is 0. The zero-order chi connectivity index (χ0) is 13.8. The fourth-order valence-electron chi connectivity index (χ4n) is 1.20. The summed E-state index contributed by atoms with van der Waals surface area (Å²) >= 11 is 9.36. The summed E-state index contributed by atoms with van der Waals surface area (Å²) in [5.41, 5.74) is 0.402. The first-order valence-corrected chi connectivity index (χ1v) is 7.08. The van der Waals surface area contributed by atoms with E-state index in [2.05, 4.69) is 15.9 Å². The lowest BCUT2D eigenvalue weighted by Crippen LogP contribution is -2.25. The Balaban J connectivity index is 2.61. The molecule has 0 aliphatic rings. The van der Waals surface area contributed by atoms with Gasteiger partial charge in [-0.3, -0.25) is 0 Å². The summed E-state index contributed by atoms with van der Waals surface area (Å²) in [6, 6.07) is 7.02. The molecule has 0 spiro atoms. The topological polar surface area (TPSA) is 35.5 Å². The SMILES string of the molecule is CC(C)(C)OC(=O)Oc1ccc(C(Cl)CBr)cc1. The number of alkyl halides is 2. The summed E-state index contributed by atoms with van der Waals surface area (Å²) in [6.45, 7) is 5.35. The molecule has 5 heteroatoms. The maximum Gasteiger partial charge on any atom is 0.514 e. The van der Waals surface area contributed by atoms with Crippen molar-refractivity contribution in [2.75, 3.05) is 5.33 Å². The minimum absolute atomic E-state index is 0.0967. The number of halogens is 2. The smallest absolute Gasteiger partial charge is 0.428 e. The molecule has 0 amide bonds. The van der Waals surface area contributed by atoms with E-state index in [0.29, 0.717) is 11.1 Å². The molecule has 0 saturated carbocycles. The van der Waals surface area contributed by atoms with Crippen molar-refractivity contribution in [1.82, 2.24) is 0 Å². The predicted molar refractivity (Wildman–Crippen MR) is 75.7 cm³/mol. The minimum atomic E-state index is -0.710. The van der Waals surface area contributed by atoms with Crippen LogP contribution in [0.25, 0.3) is 0 Å². The van der Waals surface area contributed by atoms with Gasteiger partial charge in [0.2, 0.25) is 0 Å². The largest absolute Gasteiger partial charge is 0.514 e. The number of benzene rings is 1. The fourth-order valence-corrected chi connectivity index (χ4v) is 1.72. The van der Waals surface area contributed by atoms with Crippen LogP contribution in [0, 0.1) is 0 Å². The molecule has 0 aromatic heterocycles. The lowest BCUT2D eigenvalue weighted by molar-refractivity contribution is 0.0206. The maximum absolute atomic E-state index is 11.4. The zero-order valence-corrected chi connectivity index (χ0v) is 12.9. The molecule has 0 aliphatic carbocycles. The number of hydrogen-bond donors (Lipinski definition) is 0. The van der Waals surface area contributed by atoms with Crippen LogP contribution in [0.5, 0.6) is 5.75 Å². The van der Waals surface area contributed by atoms with Gasteiger partial charge in [0.25, 0.3) is 0 Å². The van der Waals surface area contributed by atoms with E-state index in [1.807, 2.05) is 12.1 Å². The van der Waals surface area contributed by atoms with Crippen LogP contribution in [0.2, 0.25) is 0 Å². The molecule has 3 nitrogen and oxygen atoms in total. The van der Waals surface area contributed by atoms with Gasteiger partial charge in [0.05, 0.1) is 5.38 Å². The van der Waals surface area contributed by atoms with Gasteiger partial charge in [-0.2, -0.15) is 0 Å². The van der Waals surface area contributed by atoms with Crippen molar-refractivity contribution in [3.63, 3.8) is 0 Å². The Kier molecular flexibility index (Phi) is 5.47. The average Bonchev–Trinajstić information content (AvgIpc) is 2.26. The van der Waals surface area contributed by atoms with Gasteiger partial charge in [-0.25, -0.2) is 4.79 Å². The third-order valence-electron chi connectivity index (χ3n) is 1.97. The van der Waals surface area contributed by atoms with Crippen molar-refractivity contribution >= 4 is 33.7 Å². The molecular weight excluding hydrogens is 319 g/mol. The second-order valence-corrected chi connectivity index (χ2v) is 5.93. The molecule has 100 valence electrons. The van der Waals surface area contributed by atoms with Crippen LogP contribution in [0.15, 0.2) is 24.3 Å². The van der Waals surface area contributed by atoms with Crippen molar-refractivity contribution in [2.45, 2.75) is 31.7 Å². The van der Waals surface area contributed by atoms with E-state index in [1.165, 1.54) is 0 Å². The van der Waals surface area contributed by atoms with Crippen molar-refractivity contribution in [2.24, 2.45) is 0 Å². The van der Waals surface area contributed by atoms with Crippen LogP contribution in [-0.4, -0.2) is 17.1 Å². The molecule has 1 rings (SSSR count). The molecular formula is C13H16BrClO3. The van der Waals surface area contributed by atoms with Gasteiger partial charge in [0.15, 0.2) is 0 Å². The Morgan fingerprint density at radius 2 is 1.89 bits per heavy atom. The Hall–Kier alpha value is -0.740. The van der Waals surface area contributed by atoms with E-state index < -0.39 is 11.8 Å². The highest BCUT2D eigenvalue weighted by Crippen LogP contribution is 2.24. The molecule has 0 N–H and O–H groups in total. The molecule has 1 aromatic rings. The molecule has 0 heterocycles. The van der Waals surface area contributed by atoms with Crippen LogP contribution in [-0.2, 0) is 4.74 Å². The van der Waals surface area contributed by atoms with Gasteiger partial charge in [-0.1, -0.05) is 28.1 Å². The predicted octanol–water partition coefficient (Wildman–Crippen LogP) is 4.68. The second-order valence-electron chi connectivity index (χ2n) is 4.76. The zero-order valence-electron chi connectivity index (χ0n) is 10.6. The Morgan fingerprint density at radius 1 is 1.33 bits per heavy atom. The van der Waals surface area contributed by atoms with Gasteiger partial charge in [0.1, 0.15) is 11.4 Å². The number of hydrogen-bond acceptors (Lipinski definition) is 3. The third kappa shape index (κ3) is 5.27. The molecule has 1 unspecified atom stereocenters. The monoisotopic (exact) mass is 334 g/mol. The lowest BCUT2D eigenvalue weighted by Gasteiger charge is -2.18. The molecule has 18 heavy (non-hydrogen) atoms. The molecule has 0 bridgehead atoms. The van der Waals surface area contributed by atoms with Gasteiger partial charge in [0, 0.05) is 5.33 Å². The summed E-state index contributed by atoms with van der Waals surface area (Å²) in [5, 5.41) is 0.571. The summed E-state index contributed by atoms with van der Waals surface area (Å²) < 4.78 is 10.1. The average molecular weight is 336 g/mol. The van der Waals surface area contributed by atoms with Crippen LogP contribution >= 0.6 is 27.5 Å². The standard InChI is InChI=1S/C13H16BrClO3/c1-13(2,3)18-12(16)17-10-6-4-9(5-7-10)11(15)8-14/h4-7,11H,8H2,1-3H3. The van der Waals surface area contributed by atoms with E-state index >= 15 is 0 Å². The van der Waals surface area contributed by atoms with Crippen molar-refractivity contribution in [1.29, 1.82) is 0 Å². The Labute approximate surface area is 121 Å². The van der Waals surface area contributed by atoms with E-state index in [9.17, 15) is 4.79 Å². The van der Waals surface area contributed by atoms with Crippen LogP contribution < -0.4 is 4.74 Å². The Bertz CT molecular complexity index is 398. The van der Waals surface area contributed by atoms with E-state index in [-0.39, 0.29) is 5.38 Å². The quantitative estimate of drug-likeness (QED) is 0.457. The van der Waals surface area contributed by atoms with E-state index in [1.54, 1.807) is 32.9 Å². The number of carbonyl (C=O) groups is 1. The lowest BCUT2D eigenvalue weighted by atomic mass is 10.2. The minimum Gasteiger partial charge on any atom is -0.428 e. The van der Waals surface area contributed by atoms with Crippen molar-refractivity contribution in [3.8, 4) is 5.75 Å². The van der Waals surface area contributed by atoms with Crippen LogP contribution in [0.1, 0.15) is 31.7 Å². The first-order chi connectivity index (χ1) is 8.31. The normalized spacial score (nSPS) is 12.9. The third-order valence-corrected chi connectivity index (χ3v) is 3.39. The van der Waals surface area contributed by atoms with Crippen molar-refractivity contribution < 1.29 is 14.3 Å². The van der Waals surface area contributed by atoms with Gasteiger partial charge >= 0.3 is 6.16 Å². The van der Waals surface area contributed by atoms with Gasteiger partial charge in [-0.05, 0) is 38.5 Å². The number of ether oxygens (including phenoxy) is 2. The highest BCUT2D eigenvalue weighted by Gasteiger charge is 2.18. The van der Waals surface area contributed by atoms with E-state index in [4.69, 9.17) is 21.1 Å². The number of carbonyl (C=O) groups excluding carboxylic acids is 1. The van der Waals surface area contributed by atoms with Gasteiger partial charge < -0.3 is 9.47 Å². The molecule has 1 aromatic carbocycles. The highest BCUT2D eigenvalue weighted by molar-refractivity contribution is 9.09. The maximum atomic E-state index is 11.4. The fraction of sp³-hybridized carbons (Fsp3) is 0.462. The van der Waals surface area contributed by atoms with Crippen LogP contribution in [0.3, 0.4) is 0 Å².